The summed E-state index contributed by atoms with van der Waals surface area (Å²) < 4.78 is 14.6. The molecule has 0 aliphatic heterocycles. The van der Waals surface area contributed by atoms with E-state index in [1.807, 2.05) is 0 Å². The number of carbonyl (C=O) groups is 1. The molecule has 2 unspecified atom stereocenters. The summed E-state index contributed by atoms with van der Waals surface area (Å²) in [5, 5.41) is 15.4. The summed E-state index contributed by atoms with van der Waals surface area (Å²) in [6.45, 7) is 0. The molecule has 0 aromatic carbocycles. The Morgan fingerprint density at radius 3 is 2.60 bits per heavy atom. The maximum Gasteiger partial charge on any atom is 0.155 e. The molecule has 6 nitrogen and oxygen atoms in total. The molecule has 2 aliphatic carbocycles. The van der Waals surface area contributed by atoms with E-state index in [9.17, 15) is 14.3 Å². The SMILES string of the molecule is Cn1nc(C2CC3CC(O)(c4ccc(F)cn4)CC3C2)c(C=O)c1N. The second-order valence-electron chi connectivity index (χ2n) is 7.42. The van der Waals surface area contributed by atoms with Crippen molar-refractivity contribution in [3.8, 4) is 0 Å². The van der Waals surface area contributed by atoms with Gasteiger partial charge in [-0.3, -0.25) is 14.5 Å². The zero-order valence-electron chi connectivity index (χ0n) is 14.0. The molecule has 0 spiro atoms. The number of nitrogens with two attached hydrogens (primary N) is 1. The molecular formula is C18H21FN4O2. The predicted molar refractivity (Wildman–Crippen MR) is 89.3 cm³/mol. The van der Waals surface area contributed by atoms with Crippen LogP contribution in [0.25, 0.3) is 0 Å². The fraction of sp³-hybridized carbons (Fsp3) is 0.500. The number of aryl methyl sites for hydroxylation is 1. The minimum Gasteiger partial charge on any atom is -0.384 e. The lowest BCUT2D eigenvalue weighted by Gasteiger charge is -2.24. The number of carbonyl (C=O) groups excluding carboxylic acids is 1. The van der Waals surface area contributed by atoms with Crippen molar-refractivity contribution in [2.24, 2.45) is 18.9 Å². The maximum absolute atomic E-state index is 13.1. The molecule has 3 N–H and O–H groups in total. The number of nitrogen functional groups attached to an aromatic ring is 1. The Balaban J connectivity index is 1.54. The van der Waals surface area contributed by atoms with Gasteiger partial charge in [-0.05, 0) is 49.7 Å². The summed E-state index contributed by atoms with van der Waals surface area (Å²) in [6.07, 6.45) is 4.87. The number of aldehydes is 1. The Labute approximate surface area is 144 Å². The van der Waals surface area contributed by atoms with Gasteiger partial charge in [0, 0.05) is 13.0 Å². The van der Waals surface area contributed by atoms with Gasteiger partial charge < -0.3 is 10.8 Å². The molecular weight excluding hydrogens is 323 g/mol. The number of pyridine rings is 1. The quantitative estimate of drug-likeness (QED) is 0.832. The first kappa shape index (κ1) is 16.2. The molecule has 25 heavy (non-hydrogen) atoms. The van der Waals surface area contributed by atoms with Crippen molar-refractivity contribution in [2.45, 2.75) is 37.2 Å². The molecule has 0 bridgehead atoms. The highest BCUT2D eigenvalue weighted by Crippen LogP contribution is 2.56. The van der Waals surface area contributed by atoms with Crippen LogP contribution < -0.4 is 5.73 Å². The van der Waals surface area contributed by atoms with Crippen LogP contribution in [0, 0.1) is 17.7 Å². The van der Waals surface area contributed by atoms with Crippen LogP contribution in [0.5, 0.6) is 0 Å². The number of anilines is 1. The Morgan fingerprint density at radius 1 is 1.36 bits per heavy atom. The molecule has 2 saturated carbocycles. The number of hydrogen-bond donors (Lipinski definition) is 2. The largest absolute Gasteiger partial charge is 0.384 e. The van der Waals surface area contributed by atoms with Gasteiger partial charge in [0.1, 0.15) is 17.2 Å². The molecule has 2 atom stereocenters. The van der Waals surface area contributed by atoms with Crippen molar-refractivity contribution in [1.82, 2.24) is 14.8 Å². The number of aromatic nitrogens is 3. The smallest absolute Gasteiger partial charge is 0.155 e. The van der Waals surface area contributed by atoms with E-state index in [0.29, 0.717) is 41.8 Å². The van der Waals surface area contributed by atoms with Gasteiger partial charge in [-0.25, -0.2) is 4.39 Å². The number of halogens is 1. The summed E-state index contributed by atoms with van der Waals surface area (Å²) in [5.74, 6) is 0.854. The highest BCUT2D eigenvalue weighted by Gasteiger charge is 2.51. The molecule has 132 valence electrons. The number of fused-ring (bicyclic) bond motifs is 1. The summed E-state index contributed by atoms with van der Waals surface area (Å²) in [6, 6.07) is 2.90. The zero-order valence-corrected chi connectivity index (χ0v) is 14.0. The second kappa shape index (κ2) is 5.62. The van der Waals surface area contributed by atoms with Crippen LogP contribution in [0.1, 0.15) is 53.3 Å². The standard InChI is InChI=1S/C18H21FN4O2/c1-23-17(20)14(9-24)16(22-23)10-4-11-6-18(25,7-12(11)5-10)15-3-2-13(19)8-21-15/h2-3,8-12,25H,4-7,20H2,1H3. The van der Waals surface area contributed by atoms with Crippen LogP contribution in [0.2, 0.25) is 0 Å². The number of rotatable bonds is 3. The van der Waals surface area contributed by atoms with E-state index in [0.717, 1.165) is 31.0 Å². The van der Waals surface area contributed by atoms with Crippen LogP contribution in [-0.2, 0) is 12.6 Å². The molecule has 0 saturated heterocycles. The Kier molecular flexibility index (Phi) is 3.64. The van der Waals surface area contributed by atoms with E-state index in [2.05, 4.69) is 10.1 Å². The van der Waals surface area contributed by atoms with Crippen molar-refractivity contribution >= 4 is 12.1 Å². The van der Waals surface area contributed by atoms with E-state index in [1.165, 1.54) is 6.07 Å². The van der Waals surface area contributed by atoms with Gasteiger partial charge in [-0.2, -0.15) is 5.10 Å². The normalized spacial score (nSPS) is 31.2. The lowest BCUT2D eigenvalue weighted by atomic mass is 9.89. The molecule has 0 amide bonds. The maximum atomic E-state index is 13.1. The average Bonchev–Trinajstić information content (AvgIpc) is 3.18. The summed E-state index contributed by atoms with van der Waals surface area (Å²) in [4.78, 5) is 15.4. The van der Waals surface area contributed by atoms with E-state index in [1.54, 1.807) is 17.8 Å². The third-order valence-electron chi connectivity index (χ3n) is 5.91. The Morgan fingerprint density at radius 2 is 2.04 bits per heavy atom. The van der Waals surface area contributed by atoms with Crippen molar-refractivity contribution in [2.75, 3.05) is 5.73 Å². The molecule has 2 heterocycles. The molecule has 2 aliphatic rings. The molecule has 2 aromatic heterocycles. The molecule has 0 radical (unpaired) electrons. The molecule has 4 rings (SSSR count). The van der Waals surface area contributed by atoms with Crippen LogP contribution in [0.3, 0.4) is 0 Å². The van der Waals surface area contributed by atoms with Gasteiger partial charge in [0.15, 0.2) is 6.29 Å². The fourth-order valence-electron chi connectivity index (χ4n) is 4.74. The molecule has 7 heteroatoms. The third-order valence-corrected chi connectivity index (χ3v) is 5.91. The van der Waals surface area contributed by atoms with Crippen LogP contribution in [-0.4, -0.2) is 26.2 Å². The van der Waals surface area contributed by atoms with Gasteiger partial charge in [-0.1, -0.05) is 0 Å². The lowest BCUT2D eigenvalue weighted by molar-refractivity contribution is 0.0300. The molecule has 2 aromatic rings. The van der Waals surface area contributed by atoms with Gasteiger partial charge in [0.25, 0.3) is 0 Å². The van der Waals surface area contributed by atoms with Crippen molar-refractivity contribution in [1.29, 1.82) is 0 Å². The van der Waals surface area contributed by atoms with E-state index in [4.69, 9.17) is 5.73 Å². The second-order valence-corrected chi connectivity index (χ2v) is 7.42. The number of aliphatic hydroxyl groups is 1. The fourth-order valence-corrected chi connectivity index (χ4v) is 4.74. The average molecular weight is 344 g/mol. The lowest BCUT2D eigenvalue weighted by Crippen LogP contribution is -2.24. The van der Waals surface area contributed by atoms with E-state index < -0.39 is 11.4 Å². The first-order chi connectivity index (χ1) is 11.9. The van der Waals surface area contributed by atoms with Gasteiger partial charge in [-0.15, -0.1) is 0 Å². The van der Waals surface area contributed by atoms with E-state index >= 15 is 0 Å². The monoisotopic (exact) mass is 344 g/mol. The highest BCUT2D eigenvalue weighted by molar-refractivity contribution is 5.83. The van der Waals surface area contributed by atoms with Crippen LogP contribution in [0.15, 0.2) is 18.3 Å². The van der Waals surface area contributed by atoms with Crippen molar-refractivity contribution < 1.29 is 14.3 Å². The van der Waals surface area contributed by atoms with Gasteiger partial charge >= 0.3 is 0 Å². The van der Waals surface area contributed by atoms with Gasteiger partial charge in [0.2, 0.25) is 0 Å². The van der Waals surface area contributed by atoms with Crippen LogP contribution in [0.4, 0.5) is 10.2 Å². The summed E-state index contributed by atoms with van der Waals surface area (Å²) in [5.41, 5.74) is 6.72. The summed E-state index contributed by atoms with van der Waals surface area (Å²) >= 11 is 0. The highest BCUT2D eigenvalue weighted by atomic mass is 19.1. The third kappa shape index (κ3) is 2.54. The number of hydrogen-bond acceptors (Lipinski definition) is 5. The first-order valence-corrected chi connectivity index (χ1v) is 8.53. The van der Waals surface area contributed by atoms with Crippen molar-refractivity contribution in [3.63, 3.8) is 0 Å². The minimum absolute atomic E-state index is 0.185. The number of nitrogens with zero attached hydrogens (tertiary/aromatic N) is 3. The minimum atomic E-state index is -0.995. The van der Waals surface area contributed by atoms with Gasteiger partial charge in [0.05, 0.1) is 23.1 Å². The Hall–Kier alpha value is -2.28. The first-order valence-electron chi connectivity index (χ1n) is 8.53. The Bertz CT molecular complexity index is 803. The summed E-state index contributed by atoms with van der Waals surface area (Å²) in [7, 11) is 1.74. The zero-order chi connectivity index (χ0) is 17.8. The topological polar surface area (TPSA) is 94.0 Å². The molecule has 2 fully saturated rings. The van der Waals surface area contributed by atoms with E-state index in [-0.39, 0.29) is 5.92 Å². The van der Waals surface area contributed by atoms with Crippen LogP contribution >= 0.6 is 0 Å². The predicted octanol–water partition coefficient (Wildman–Crippen LogP) is 2.14. The van der Waals surface area contributed by atoms with Crippen molar-refractivity contribution in [3.05, 3.63) is 41.1 Å².